The molecule has 1 saturated heterocycles. The van der Waals surface area contributed by atoms with Crippen LogP contribution in [0.25, 0.3) is 0 Å². The van der Waals surface area contributed by atoms with E-state index in [9.17, 15) is 9.59 Å². The monoisotopic (exact) mass is 341 g/mol. The molecule has 22 heavy (non-hydrogen) atoms. The molecule has 1 aromatic rings. The maximum atomic E-state index is 12.8. The molecule has 1 unspecified atom stereocenters. The zero-order chi connectivity index (χ0) is 16.1. The Morgan fingerprint density at radius 2 is 2.23 bits per heavy atom. The number of carbonyl (C=O) groups excluding carboxylic acids is 2. The topological polar surface area (TPSA) is 75.4 Å². The van der Waals surface area contributed by atoms with Crippen LogP contribution in [0, 0.1) is 0 Å². The predicted molar refractivity (Wildman–Crippen MR) is 89.5 cm³/mol. The van der Waals surface area contributed by atoms with E-state index in [1.165, 1.54) is 0 Å². The number of piperidine rings is 1. The van der Waals surface area contributed by atoms with Gasteiger partial charge in [0.2, 0.25) is 0 Å². The molecule has 1 atom stereocenters. The van der Waals surface area contributed by atoms with Gasteiger partial charge in [0.25, 0.3) is 5.91 Å². The molecule has 0 aliphatic carbocycles. The van der Waals surface area contributed by atoms with Crippen molar-refractivity contribution in [3.8, 4) is 0 Å². The number of hydrogen-bond donors (Lipinski definition) is 2. The second-order valence-corrected chi connectivity index (χ2v) is 6.53. The summed E-state index contributed by atoms with van der Waals surface area (Å²) in [5, 5.41) is 3.05. The van der Waals surface area contributed by atoms with E-state index in [0.29, 0.717) is 23.7 Å². The zero-order valence-electron chi connectivity index (χ0n) is 12.5. The molecule has 2 rings (SSSR count). The van der Waals surface area contributed by atoms with Gasteiger partial charge in [-0.15, -0.1) is 11.8 Å². The molecule has 1 heterocycles. The van der Waals surface area contributed by atoms with Gasteiger partial charge in [0.05, 0.1) is 10.6 Å². The van der Waals surface area contributed by atoms with E-state index >= 15 is 0 Å². The molecule has 5 nitrogen and oxygen atoms in total. The maximum Gasteiger partial charge on any atom is 0.312 e. The normalized spacial score (nSPS) is 18.1. The van der Waals surface area contributed by atoms with Crippen LogP contribution in [0.15, 0.2) is 23.1 Å². The zero-order valence-corrected chi connectivity index (χ0v) is 14.0. The van der Waals surface area contributed by atoms with E-state index in [4.69, 9.17) is 17.3 Å². The second kappa shape index (κ2) is 7.74. The molecule has 0 bridgehead atoms. The summed E-state index contributed by atoms with van der Waals surface area (Å²) in [6.45, 7) is 1.05. The summed E-state index contributed by atoms with van der Waals surface area (Å²) in [5.74, 6) is -0.0862. The molecule has 3 amide bonds. The largest absolute Gasteiger partial charge is 0.352 e. The van der Waals surface area contributed by atoms with Crippen LogP contribution in [0.5, 0.6) is 0 Å². The van der Waals surface area contributed by atoms with Crippen LogP contribution in [-0.2, 0) is 0 Å². The summed E-state index contributed by atoms with van der Waals surface area (Å²) >= 11 is 7.76. The van der Waals surface area contributed by atoms with Gasteiger partial charge in [-0.25, -0.2) is 4.79 Å². The van der Waals surface area contributed by atoms with E-state index < -0.39 is 6.03 Å². The Morgan fingerprint density at radius 3 is 2.91 bits per heavy atom. The Hall–Kier alpha value is -1.40. The van der Waals surface area contributed by atoms with Gasteiger partial charge in [-0.05, 0) is 43.7 Å². The molecule has 3 N–H and O–H groups in total. The summed E-state index contributed by atoms with van der Waals surface area (Å²) in [5.41, 5.74) is 5.64. The van der Waals surface area contributed by atoms with Crippen molar-refractivity contribution in [2.45, 2.75) is 30.2 Å². The number of halogens is 1. The highest BCUT2D eigenvalue weighted by atomic mass is 35.5. The summed E-state index contributed by atoms with van der Waals surface area (Å²) in [4.78, 5) is 26.5. The van der Waals surface area contributed by atoms with Gasteiger partial charge in [0.1, 0.15) is 0 Å². The van der Waals surface area contributed by atoms with Crippen molar-refractivity contribution in [2.75, 3.05) is 19.3 Å². The van der Waals surface area contributed by atoms with Gasteiger partial charge >= 0.3 is 6.03 Å². The second-order valence-electron chi connectivity index (χ2n) is 5.24. The third-order valence-electron chi connectivity index (χ3n) is 3.80. The summed E-state index contributed by atoms with van der Waals surface area (Å²) in [7, 11) is 0. The highest BCUT2D eigenvalue weighted by Gasteiger charge is 2.28. The van der Waals surface area contributed by atoms with Crippen LogP contribution >= 0.6 is 23.4 Å². The maximum absolute atomic E-state index is 12.8. The Bertz CT molecular complexity index is 568. The fourth-order valence-electron chi connectivity index (χ4n) is 2.65. The predicted octanol–water partition coefficient (Wildman–Crippen LogP) is 2.72. The van der Waals surface area contributed by atoms with E-state index in [1.54, 1.807) is 22.7 Å². The van der Waals surface area contributed by atoms with Crippen LogP contribution in [0.3, 0.4) is 0 Å². The average molecular weight is 342 g/mol. The quantitative estimate of drug-likeness (QED) is 0.827. The molecule has 120 valence electrons. The summed E-state index contributed by atoms with van der Waals surface area (Å²) in [6.07, 6.45) is 4.80. The van der Waals surface area contributed by atoms with Crippen LogP contribution in [0.1, 0.15) is 29.6 Å². The van der Waals surface area contributed by atoms with Gasteiger partial charge in [-0.3, -0.25) is 4.79 Å². The Labute approximate surface area is 139 Å². The minimum absolute atomic E-state index is 0.0391. The fraction of sp³-hybridized carbons (Fsp3) is 0.467. The number of amides is 3. The van der Waals surface area contributed by atoms with Crippen LogP contribution in [-0.4, -0.2) is 42.2 Å². The molecule has 1 aromatic carbocycles. The van der Waals surface area contributed by atoms with Gasteiger partial charge in [-0.1, -0.05) is 11.6 Å². The van der Waals surface area contributed by atoms with Crippen molar-refractivity contribution in [3.05, 3.63) is 28.8 Å². The lowest BCUT2D eigenvalue weighted by molar-refractivity contribution is 0.0615. The lowest BCUT2D eigenvalue weighted by Crippen LogP contribution is -2.50. The van der Waals surface area contributed by atoms with Crippen LogP contribution < -0.4 is 11.1 Å². The molecule has 1 aliphatic rings. The van der Waals surface area contributed by atoms with E-state index in [0.717, 1.165) is 24.2 Å². The summed E-state index contributed by atoms with van der Waals surface area (Å²) in [6, 6.07) is 4.86. The number of likely N-dealkylation sites (tertiary alicyclic amines) is 1. The number of urea groups is 1. The minimum atomic E-state index is -0.569. The molecule has 7 heteroatoms. The average Bonchev–Trinajstić information content (AvgIpc) is 2.53. The molecule has 1 fully saturated rings. The molecule has 0 spiro atoms. The molecular weight excluding hydrogens is 322 g/mol. The van der Waals surface area contributed by atoms with Crippen molar-refractivity contribution in [3.63, 3.8) is 0 Å². The van der Waals surface area contributed by atoms with Crippen molar-refractivity contribution in [1.82, 2.24) is 10.2 Å². The third kappa shape index (κ3) is 4.08. The number of nitrogens with zero attached hydrogens (tertiary/aromatic N) is 1. The van der Waals surface area contributed by atoms with Crippen LogP contribution in [0.2, 0.25) is 5.02 Å². The Kier molecular flexibility index (Phi) is 5.97. The van der Waals surface area contributed by atoms with E-state index in [2.05, 4.69) is 5.32 Å². The highest BCUT2D eigenvalue weighted by molar-refractivity contribution is 7.98. The molecule has 0 saturated carbocycles. The first kappa shape index (κ1) is 17.0. The number of carbonyl (C=O) groups is 2. The third-order valence-corrected chi connectivity index (χ3v) is 4.86. The SMILES string of the molecule is CSc1ccc(Cl)c(C(=O)N2CCCCC2CNC(N)=O)c1. The Balaban J connectivity index is 2.19. The van der Waals surface area contributed by atoms with E-state index in [1.807, 2.05) is 18.4 Å². The molecular formula is C15H20ClN3O2S. The van der Waals surface area contributed by atoms with Gasteiger partial charge in [0, 0.05) is 24.0 Å². The van der Waals surface area contributed by atoms with Crippen molar-refractivity contribution in [2.24, 2.45) is 5.73 Å². The molecule has 0 radical (unpaired) electrons. The number of primary amides is 1. The smallest absolute Gasteiger partial charge is 0.312 e. The first-order valence-corrected chi connectivity index (χ1v) is 8.81. The number of nitrogens with two attached hydrogens (primary N) is 1. The Morgan fingerprint density at radius 1 is 1.45 bits per heavy atom. The van der Waals surface area contributed by atoms with Gasteiger partial charge in [0.15, 0.2) is 0 Å². The number of rotatable bonds is 4. The highest BCUT2D eigenvalue weighted by Crippen LogP contribution is 2.26. The van der Waals surface area contributed by atoms with Crippen molar-refractivity contribution < 1.29 is 9.59 Å². The first-order chi connectivity index (χ1) is 10.5. The number of benzene rings is 1. The van der Waals surface area contributed by atoms with Gasteiger partial charge < -0.3 is 16.0 Å². The van der Waals surface area contributed by atoms with E-state index in [-0.39, 0.29) is 11.9 Å². The van der Waals surface area contributed by atoms with Crippen LogP contribution in [0.4, 0.5) is 4.79 Å². The summed E-state index contributed by atoms with van der Waals surface area (Å²) < 4.78 is 0. The number of thioether (sulfide) groups is 1. The fourth-order valence-corrected chi connectivity index (χ4v) is 3.29. The van der Waals surface area contributed by atoms with Gasteiger partial charge in [-0.2, -0.15) is 0 Å². The van der Waals surface area contributed by atoms with Crippen molar-refractivity contribution >= 4 is 35.3 Å². The number of nitrogens with one attached hydrogen (secondary N) is 1. The molecule has 1 aliphatic heterocycles. The number of hydrogen-bond acceptors (Lipinski definition) is 3. The molecule has 0 aromatic heterocycles. The first-order valence-electron chi connectivity index (χ1n) is 7.20. The lowest BCUT2D eigenvalue weighted by atomic mass is 10.0. The van der Waals surface area contributed by atoms with Crippen molar-refractivity contribution in [1.29, 1.82) is 0 Å². The minimum Gasteiger partial charge on any atom is -0.352 e. The standard InChI is InChI=1S/C15H20ClN3O2S/c1-22-11-5-6-13(16)12(8-11)14(20)19-7-3-2-4-10(19)9-18-15(17)21/h5-6,8,10H,2-4,7,9H2,1H3,(H3,17,18,21). The lowest BCUT2D eigenvalue weighted by Gasteiger charge is -2.36.